The van der Waals surface area contributed by atoms with E-state index in [9.17, 15) is 0 Å². The lowest BCUT2D eigenvalue weighted by Gasteiger charge is -2.16. The Kier molecular flexibility index (Phi) is 3.97. The Labute approximate surface area is 98.2 Å². The van der Waals surface area contributed by atoms with Crippen LogP contribution in [0.5, 0.6) is 0 Å². The van der Waals surface area contributed by atoms with Gasteiger partial charge >= 0.3 is 0 Å². The van der Waals surface area contributed by atoms with Gasteiger partial charge in [-0.05, 0) is 36.8 Å². The third-order valence-electron chi connectivity index (χ3n) is 3.55. The number of hydrogen-bond donors (Lipinski definition) is 2. The first-order chi connectivity index (χ1) is 7.79. The van der Waals surface area contributed by atoms with Crippen LogP contribution in [-0.2, 0) is 6.42 Å². The van der Waals surface area contributed by atoms with Crippen molar-refractivity contribution in [2.45, 2.75) is 25.8 Å². The van der Waals surface area contributed by atoms with E-state index < -0.39 is 0 Å². The Hall–Kier alpha value is -0.860. The summed E-state index contributed by atoms with van der Waals surface area (Å²) in [6.45, 7) is 4.17. The second-order valence-electron chi connectivity index (χ2n) is 5.00. The van der Waals surface area contributed by atoms with E-state index in [0.29, 0.717) is 6.04 Å². The number of hydrogen-bond acceptors (Lipinski definition) is 2. The van der Waals surface area contributed by atoms with Crippen molar-refractivity contribution in [1.29, 1.82) is 0 Å². The molecule has 1 aromatic carbocycles. The van der Waals surface area contributed by atoms with Gasteiger partial charge in [0.1, 0.15) is 0 Å². The molecule has 0 bridgehead atoms. The molecule has 3 atom stereocenters. The lowest BCUT2D eigenvalue weighted by molar-refractivity contribution is 0.492. The zero-order valence-corrected chi connectivity index (χ0v) is 10.0. The normalized spacial score (nSPS) is 25.4. The predicted molar refractivity (Wildman–Crippen MR) is 68.3 cm³/mol. The number of benzene rings is 1. The summed E-state index contributed by atoms with van der Waals surface area (Å²) in [6.07, 6.45) is 2.42. The fourth-order valence-corrected chi connectivity index (χ4v) is 2.14. The molecule has 2 nitrogen and oxygen atoms in total. The third-order valence-corrected chi connectivity index (χ3v) is 3.55. The molecule has 2 rings (SSSR count). The second kappa shape index (κ2) is 5.46. The van der Waals surface area contributed by atoms with Crippen LogP contribution < -0.4 is 11.1 Å². The van der Waals surface area contributed by atoms with Crippen LogP contribution in [0.3, 0.4) is 0 Å². The Bertz CT molecular complexity index is 310. The fourth-order valence-electron chi connectivity index (χ4n) is 2.14. The van der Waals surface area contributed by atoms with Gasteiger partial charge in [-0.25, -0.2) is 0 Å². The average Bonchev–Trinajstić information content (AvgIpc) is 3.02. The molecular formula is C14H22N2. The molecule has 0 aromatic heterocycles. The highest BCUT2D eigenvalue weighted by molar-refractivity contribution is 5.16. The molecule has 2 heteroatoms. The Morgan fingerprint density at radius 1 is 1.38 bits per heavy atom. The van der Waals surface area contributed by atoms with Crippen molar-refractivity contribution in [3.63, 3.8) is 0 Å². The van der Waals surface area contributed by atoms with Gasteiger partial charge < -0.3 is 11.1 Å². The summed E-state index contributed by atoms with van der Waals surface area (Å²) in [5.41, 5.74) is 7.17. The first-order valence-electron chi connectivity index (χ1n) is 6.27. The molecule has 3 N–H and O–H groups in total. The minimum Gasteiger partial charge on any atom is -0.329 e. The lowest BCUT2D eigenvalue weighted by atomic mass is 10.1. The van der Waals surface area contributed by atoms with E-state index in [1.54, 1.807) is 0 Å². The average molecular weight is 218 g/mol. The van der Waals surface area contributed by atoms with Crippen molar-refractivity contribution in [3.05, 3.63) is 35.9 Å². The minimum atomic E-state index is 0.426. The third kappa shape index (κ3) is 3.32. The standard InChI is InChI=1S/C14H22N2/c1-11-7-13(11)10-16-14(9-15)8-12-5-3-2-4-6-12/h2-6,11,13-14,16H,7-10,15H2,1H3. The van der Waals surface area contributed by atoms with Gasteiger partial charge in [0.25, 0.3) is 0 Å². The van der Waals surface area contributed by atoms with E-state index in [1.165, 1.54) is 12.0 Å². The number of rotatable bonds is 6. The van der Waals surface area contributed by atoms with Gasteiger partial charge in [-0.3, -0.25) is 0 Å². The van der Waals surface area contributed by atoms with E-state index in [4.69, 9.17) is 5.73 Å². The Balaban J connectivity index is 1.76. The molecule has 1 aliphatic carbocycles. The molecule has 1 fully saturated rings. The highest BCUT2D eigenvalue weighted by Gasteiger charge is 2.32. The van der Waals surface area contributed by atoms with Crippen LogP contribution in [0, 0.1) is 11.8 Å². The SMILES string of the molecule is CC1CC1CNC(CN)Cc1ccccc1. The molecule has 1 saturated carbocycles. The summed E-state index contributed by atoms with van der Waals surface area (Å²) in [5, 5.41) is 3.59. The van der Waals surface area contributed by atoms with Crippen molar-refractivity contribution in [1.82, 2.24) is 5.32 Å². The Morgan fingerprint density at radius 3 is 2.62 bits per heavy atom. The zero-order chi connectivity index (χ0) is 11.4. The monoisotopic (exact) mass is 218 g/mol. The van der Waals surface area contributed by atoms with Crippen LogP contribution in [0.15, 0.2) is 30.3 Å². The summed E-state index contributed by atoms with van der Waals surface area (Å²) < 4.78 is 0. The van der Waals surface area contributed by atoms with Gasteiger partial charge in [-0.2, -0.15) is 0 Å². The Morgan fingerprint density at radius 2 is 2.06 bits per heavy atom. The summed E-state index contributed by atoms with van der Waals surface area (Å²) >= 11 is 0. The van der Waals surface area contributed by atoms with Crippen molar-refractivity contribution < 1.29 is 0 Å². The largest absolute Gasteiger partial charge is 0.329 e. The first-order valence-corrected chi connectivity index (χ1v) is 6.27. The number of nitrogens with one attached hydrogen (secondary N) is 1. The van der Waals surface area contributed by atoms with Gasteiger partial charge in [-0.15, -0.1) is 0 Å². The minimum absolute atomic E-state index is 0.426. The molecule has 88 valence electrons. The molecule has 0 amide bonds. The van der Waals surface area contributed by atoms with Crippen molar-refractivity contribution >= 4 is 0 Å². The first kappa shape index (κ1) is 11.6. The van der Waals surface area contributed by atoms with E-state index in [1.807, 2.05) is 0 Å². The van der Waals surface area contributed by atoms with Crippen molar-refractivity contribution in [3.8, 4) is 0 Å². The maximum Gasteiger partial charge on any atom is 0.0230 e. The molecular weight excluding hydrogens is 196 g/mol. The zero-order valence-electron chi connectivity index (χ0n) is 10.0. The van der Waals surface area contributed by atoms with E-state index in [0.717, 1.165) is 31.3 Å². The molecule has 0 saturated heterocycles. The van der Waals surface area contributed by atoms with Crippen LogP contribution in [0.1, 0.15) is 18.9 Å². The van der Waals surface area contributed by atoms with E-state index in [2.05, 4.69) is 42.6 Å². The molecule has 0 aliphatic heterocycles. The van der Waals surface area contributed by atoms with Crippen LogP contribution >= 0.6 is 0 Å². The van der Waals surface area contributed by atoms with Crippen molar-refractivity contribution in [2.75, 3.05) is 13.1 Å². The van der Waals surface area contributed by atoms with Crippen LogP contribution in [0.25, 0.3) is 0 Å². The molecule has 3 unspecified atom stereocenters. The summed E-state index contributed by atoms with van der Waals surface area (Å²) in [5.74, 6) is 1.81. The highest BCUT2D eigenvalue weighted by Crippen LogP contribution is 2.36. The smallest absolute Gasteiger partial charge is 0.0230 e. The maximum atomic E-state index is 5.80. The van der Waals surface area contributed by atoms with Gasteiger partial charge in [0.2, 0.25) is 0 Å². The molecule has 0 heterocycles. The van der Waals surface area contributed by atoms with Crippen LogP contribution in [-0.4, -0.2) is 19.1 Å². The van der Waals surface area contributed by atoms with Gasteiger partial charge in [-0.1, -0.05) is 37.3 Å². The van der Waals surface area contributed by atoms with Crippen molar-refractivity contribution in [2.24, 2.45) is 17.6 Å². The van der Waals surface area contributed by atoms with Crippen LogP contribution in [0.4, 0.5) is 0 Å². The van der Waals surface area contributed by atoms with E-state index in [-0.39, 0.29) is 0 Å². The van der Waals surface area contributed by atoms with E-state index >= 15 is 0 Å². The van der Waals surface area contributed by atoms with Crippen LogP contribution in [0.2, 0.25) is 0 Å². The molecule has 1 aromatic rings. The number of nitrogens with two attached hydrogens (primary N) is 1. The fraction of sp³-hybridized carbons (Fsp3) is 0.571. The maximum absolute atomic E-state index is 5.80. The molecule has 1 aliphatic rings. The summed E-state index contributed by atoms with van der Waals surface area (Å²) in [7, 11) is 0. The predicted octanol–water partition coefficient (Wildman–Crippen LogP) is 1.80. The molecule has 0 spiro atoms. The lowest BCUT2D eigenvalue weighted by Crippen LogP contribution is -2.39. The van der Waals surface area contributed by atoms with Gasteiger partial charge in [0.05, 0.1) is 0 Å². The quantitative estimate of drug-likeness (QED) is 0.764. The topological polar surface area (TPSA) is 38.0 Å². The summed E-state index contributed by atoms with van der Waals surface area (Å²) in [6, 6.07) is 11.0. The molecule has 16 heavy (non-hydrogen) atoms. The highest BCUT2D eigenvalue weighted by atomic mass is 14.9. The van der Waals surface area contributed by atoms with Gasteiger partial charge in [0, 0.05) is 12.6 Å². The summed E-state index contributed by atoms with van der Waals surface area (Å²) in [4.78, 5) is 0. The van der Waals surface area contributed by atoms with Gasteiger partial charge in [0.15, 0.2) is 0 Å². The second-order valence-corrected chi connectivity index (χ2v) is 5.00. The molecule has 0 radical (unpaired) electrons.